The van der Waals surface area contributed by atoms with Gasteiger partial charge >= 0.3 is 0 Å². The molecule has 0 aromatic heterocycles. The SMILES string of the molecule is O=C(c1ccccc1)N1C[C@H]2[C@@H](c3ccccc31)[C@@H](CO)N2C(=O)c1cccc(F)c1. The van der Waals surface area contributed by atoms with Gasteiger partial charge in [-0.15, -0.1) is 0 Å². The molecule has 3 atom stereocenters. The number of nitrogens with zero attached hydrogens (tertiary/aromatic N) is 2. The van der Waals surface area contributed by atoms with Crippen LogP contribution in [-0.2, 0) is 0 Å². The minimum absolute atomic E-state index is 0.0847. The van der Waals surface area contributed by atoms with Gasteiger partial charge in [0, 0.05) is 29.3 Å². The van der Waals surface area contributed by atoms with Crippen LogP contribution in [0, 0.1) is 5.82 Å². The molecule has 2 aliphatic heterocycles. The van der Waals surface area contributed by atoms with Crippen LogP contribution >= 0.6 is 0 Å². The first-order valence-corrected chi connectivity index (χ1v) is 10.2. The van der Waals surface area contributed by atoms with Crippen LogP contribution in [0.5, 0.6) is 0 Å². The van der Waals surface area contributed by atoms with Gasteiger partial charge in [-0.1, -0.05) is 42.5 Å². The van der Waals surface area contributed by atoms with Crippen molar-refractivity contribution in [3.05, 3.63) is 101 Å². The van der Waals surface area contributed by atoms with Crippen molar-refractivity contribution in [1.82, 2.24) is 4.90 Å². The molecule has 1 fully saturated rings. The molecule has 0 bridgehead atoms. The summed E-state index contributed by atoms with van der Waals surface area (Å²) in [7, 11) is 0. The molecule has 0 spiro atoms. The lowest BCUT2D eigenvalue weighted by molar-refractivity contribution is -0.0246. The number of anilines is 1. The molecule has 1 saturated heterocycles. The topological polar surface area (TPSA) is 60.9 Å². The number of benzene rings is 3. The largest absolute Gasteiger partial charge is 0.394 e. The van der Waals surface area contributed by atoms with E-state index in [0.717, 1.165) is 11.3 Å². The average Bonchev–Trinajstić information content (AvgIpc) is 2.79. The Morgan fingerprint density at radius 2 is 1.61 bits per heavy atom. The van der Waals surface area contributed by atoms with Crippen molar-refractivity contribution in [3.63, 3.8) is 0 Å². The third-order valence-electron chi connectivity index (χ3n) is 6.26. The Morgan fingerprint density at radius 3 is 2.35 bits per heavy atom. The van der Waals surface area contributed by atoms with Crippen LogP contribution in [0.25, 0.3) is 0 Å². The van der Waals surface area contributed by atoms with Crippen LogP contribution < -0.4 is 4.90 Å². The van der Waals surface area contributed by atoms with E-state index in [0.29, 0.717) is 12.1 Å². The number of rotatable bonds is 3. The third-order valence-corrected chi connectivity index (χ3v) is 6.26. The Labute approximate surface area is 179 Å². The van der Waals surface area contributed by atoms with E-state index in [-0.39, 0.29) is 35.9 Å². The molecule has 2 heterocycles. The lowest BCUT2D eigenvalue weighted by atomic mass is 9.71. The smallest absolute Gasteiger partial charge is 0.258 e. The molecule has 6 heteroatoms. The van der Waals surface area contributed by atoms with Gasteiger partial charge in [-0.3, -0.25) is 9.59 Å². The standard InChI is InChI=1S/C25H21FN2O3/c26-18-10-6-9-17(13-18)25(31)28-21-14-27(24(30)16-7-2-1-3-8-16)20-12-5-4-11-19(20)23(21)22(28)15-29/h1-13,21-23,29H,14-15H2/t21-,22+,23+/m0/s1. The fourth-order valence-corrected chi connectivity index (χ4v) is 4.87. The van der Waals surface area contributed by atoms with Gasteiger partial charge in [0.25, 0.3) is 11.8 Å². The predicted molar refractivity (Wildman–Crippen MR) is 115 cm³/mol. The van der Waals surface area contributed by atoms with E-state index in [2.05, 4.69) is 0 Å². The number of para-hydroxylation sites is 1. The van der Waals surface area contributed by atoms with Gasteiger partial charge in [0.15, 0.2) is 0 Å². The molecule has 0 saturated carbocycles. The summed E-state index contributed by atoms with van der Waals surface area (Å²) in [6, 6.07) is 21.5. The highest BCUT2D eigenvalue weighted by molar-refractivity contribution is 6.07. The van der Waals surface area contributed by atoms with E-state index >= 15 is 0 Å². The molecule has 5 rings (SSSR count). The van der Waals surface area contributed by atoms with Gasteiger partial charge in [-0.05, 0) is 42.0 Å². The first kappa shape index (κ1) is 19.5. The second-order valence-electron chi connectivity index (χ2n) is 7.91. The van der Waals surface area contributed by atoms with Crippen molar-refractivity contribution in [1.29, 1.82) is 0 Å². The number of carbonyl (C=O) groups is 2. The van der Waals surface area contributed by atoms with E-state index in [4.69, 9.17) is 0 Å². The molecule has 31 heavy (non-hydrogen) atoms. The fraction of sp³-hybridized carbons (Fsp3) is 0.200. The summed E-state index contributed by atoms with van der Waals surface area (Å²) >= 11 is 0. The molecule has 0 unspecified atom stereocenters. The number of hydrogen-bond donors (Lipinski definition) is 1. The zero-order valence-electron chi connectivity index (χ0n) is 16.7. The normalized spacial score (nSPS) is 21.7. The predicted octanol–water partition coefficient (Wildman–Crippen LogP) is 3.46. The molecule has 2 aliphatic rings. The lowest BCUT2D eigenvalue weighted by Gasteiger charge is -2.58. The quantitative estimate of drug-likeness (QED) is 0.712. The van der Waals surface area contributed by atoms with Gasteiger partial charge in [0.05, 0.1) is 18.7 Å². The summed E-state index contributed by atoms with van der Waals surface area (Å²) in [5, 5.41) is 10.1. The molecule has 1 N–H and O–H groups in total. The Morgan fingerprint density at radius 1 is 0.903 bits per heavy atom. The second-order valence-corrected chi connectivity index (χ2v) is 7.91. The number of aliphatic hydroxyl groups is 1. The number of amides is 2. The monoisotopic (exact) mass is 416 g/mol. The van der Waals surface area contributed by atoms with Crippen LogP contribution in [0.1, 0.15) is 32.2 Å². The van der Waals surface area contributed by atoms with Crippen LogP contribution in [0.2, 0.25) is 0 Å². The number of hydrogen-bond acceptors (Lipinski definition) is 3. The summed E-state index contributed by atoms with van der Waals surface area (Å²) in [5.41, 5.74) is 2.53. The lowest BCUT2D eigenvalue weighted by Crippen LogP contribution is -2.70. The number of aliphatic hydroxyl groups excluding tert-OH is 1. The van der Waals surface area contributed by atoms with Crippen molar-refractivity contribution >= 4 is 17.5 Å². The highest BCUT2D eigenvalue weighted by Crippen LogP contribution is 2.48. The number of likely N-dealkylation sites (tertiary alicyclic amines) is 1. The number of carbonyl (C=O) groups excluding carboxylic acids is 2. The van der Waals surface area contributed by atoms with Crippen molar-refractivity contribution in [2.24, 2.45) is 0 Å². The maximum Gasteiger partial charge on any atom is 0.258 e. The van der Waals surface area contributed by atoms with Crippen LogP contribution in [0.4, 0.5) is 10.1 Å². The Bertz CT molecular complexity index is 1150. The molecular weight excluding hydrogens is 395 g/mol. The Hall–Kier alpha value is -3.51. The van der Waals surface area contributed by atoms with Crippen LogP contribution in [0.15, 0.2) is 78.9 Å². The van der Waals surface area contributed by atoms with E-state index in [1.165, 1.54) is 18.2 Å². The van der Waals surface area contributed by atoms with Crippen molar-refractivity contribution < 1.29 is 19.1 Å². The van der Waals surface area contributed by atoms with Gasteiger partial charge in [0.2, 0.25) is 0 Å². The summed E-state index contributed by atoms with van der Waals surface area (Å²) in [6.45, 7) is 0.107. The summed E-state index contributed by atoms with van der Waals surface area (Å²) in [6.07, 6.45) is 0. The highest BCUT2D eigenvalue weighted by atomic mass is 19.1. The minimum Gasteiger partial charge on any atom is -0.394 e. The summed E-state index contributed by atoms with van der Waals surface area (Å²) < 4.78 is 13.7. The highest BCUT2D eigenvalue weighted by Gasteiger charge is 2.55. The number of halogens is 1. The zero-order chi connectivity index (χ0) is 21.5. The fourth-order valence-electron chi connectivity index (χ4n) is 4.87. The molecule has 2 amide bonds. The van der Waals surface area contributed by atoms with Crippen LogP contribution in [0.3, 0.4) is 0 Å². The van der Waals surface area contributed by atoms with Gasteiger partial charge < -0.3 is 14.9 Å². The third kappa shape index (κ3) is 3.11. The second kappa shape index (κ2) is 7.63. The first-order valence-electron chi connectivity index (χ1n) is 10.2. The Kier molecular flexibility index (Phi) is 4.79. The van der Waals surface area contributed by atoms with Crippen molar-refractivity contribution in [3.8, 4) is 0 Å². The van der Waals surface area contributed by atoms with E-state index < -0.39 is 11.9 Å². The van der Waals surface area contributed by atoms with E-state index in [1.54, 1.807) is 28.0 Å². The molecule has 3 aromatic carbocycles. The van der Waals surface area contributed by atoms with Gasteiger partial charge in [0.1, 0.15) is 5.82 Å². The maximum absolute atomic E-state index is 13.7. The molecule has 156 valence electrons. The summed E-state index contributed by atoms with van der Waals surface area (Å²) in [5.74, 6) is -1.06. The molecular formula is C25H21FN2O3. The number of fused-ring (bicyclic) bond motifs is 3. The average molecular weight is 416 g/mol. The molecule has 5 nitrogen and oxygen atoms in total. The summed E-state index contributed by atoms with van der Waals surface area (Å²) in [4.78, 5) is 29.8. The minimum atomic E-state index is -0.488. The van der Waals surface area contributed by atoms with Crippen LogP contribution in [-0.4, -0.2) is 47.1 Å². The zero-order valence-corrected chi connectivity index (χ0v) is 16.7. The van der Waals surface area contributed by atoms with E-state index in [9.17, 15) is 19.1 Å². The molecule has 0 radical (unpaired) electrons. The van der Waals surface area contributed by atoms with Crippen molar-refractivity contribution in [2.45, 2.75) is 18.0 Å². The maximum atomic E-state index is 13.7. The molecule has 0 aliphatic carbocycles. The van der Waals surface area contributed by atoms with Gasteiger partial charge in [-0.25, -0.2) is 4.39 Å². The Balaban J connectivity index is 1.53. The molecule has 3 aromatic rings. The van der Waals surface area contributed by atoms with E-state index in [1.807, 2.05) is 42.5 Å². The van der Waals surface area contributed by atoms with Gasteiger partial charge in [-0.2, -0.15) is 0 Å². The first-order chi connectivity index (χ1) is 15.1. The van der Waals surface area contributed by atoms with Crippen molar-refractivity contribution in [2.75, 3.05) is 18.1 Å².